The van der Waals surface area contributed by atoms with Crippen molar-refractivity contribution >= 4 is 26.4 Å². The lowest BCUT2D eigenvalue weighted by atomic mass is 10.3. The molecule has 0 saturated carbocycles. The van der Waals surface area contributed by atoms with Crippen LogP contribution in [-0.4, -0.2) is 11.0 Å². The smallest absolute Gasteiger partial charge is 0.0306 e. The van der Waals surface area contributed by atoms with Gasteiger partial charge in [0, 0.05) is 5.25 Å². The van der Waals surface area contributed by atoms with E-state index in [9.17, 15) is 0 Å². The van der Waals surface area contributed by atoms with E-state index in [0.717, 1.165) is 0 Å². The molecular formula is C7H9PS. The van der Waals surface area contributed by atoms with Gasteiger partial charge in [-0.15, -0.1) is 20.6 Å². The van der Waals surface area contributed by atoms with Crippen molar-refractivity contribution in [2.45, 2.75) is 11.7 Å². The van der Waals surface area contributed by atoms with E-state index in [1.807, 2.05) is 23.6 Å². The lowest BCUT2D eigenvalue weighted by molar-refractivity contribution is 1.10. The maximum absolute atomic E-state index is 3.26. The van der Waals surface area contributed by atoms with Gasteiger partial charge in [0.1, 0.15) is 0 Å². The normalized spacial score (nSPS) is 25.6. The minimum atomic E-state index is 0.678. The van der Waals surface area contributed by atoms with Crippen molar-refractivity contribution in [3.05, 3.63) is 23.6 Å². The Labute approximate surface area is 62.3 Å². The Hall–Kier alpha value is -0.0000000000000000555. The summed E-state index contributed by atoms with van der Waals surface area (Å²) in [4.78, 5) is 0. The molecule has 0 saturated heterocycles. The van der Waals surface area contributed by atoms with Crippen molar-refractivity contribution in [1.29, 1.82) is 0 Å². The second kappa shape index (κ2) is 3.92. The zero-order chi connectivity index (χ0) is 6.53. The number of thioether (sulfide) groups is 1. The second-order valence-electron chi connectivity index (χ2n) is 1.83. The van der Waals surface area contributed by atoms with Gasteiger partial charge in [0.2, 0.25) is 0 Å². The average Bonchev–Trinajstić information content (AvgIpc) is 2.34. The van der Waals surface area contributed by atoms with Crippen LogP contribution in [0.25, 0.3) is 0 Å². The molecule has 1 heterocycles. The zero-order valence-corrected chi connectivity index (χ0v) is 6.90. The van der Waals surface area contributed by atoms with E-state index < -0.39 is 0 Å². The third kappa shape index (κ3) is 2.38. The standard InChI is InChI=1S/C7H9PS/c8-5-1-3-7-4-2-6-9-7/h1-3,5-8H,4H2/b3-1-. The van der Waals surface area contributed by atoms with Crippen LogP contribution in [0, 0.1) is 0 Å². The van der Waals surface area contributed by atoms with Gasteiger partial charge in [-0.2, -0.15) is 0 Å². The Morgan fingerprint density at radius 2 is 2.56 bits per heavy atom. The molecule has 0 N–H and O–H groups in total. The van der Waals surface area contributed by atoms with Crippen LogP contribution in [-0.2, 0) is 0 Å². The van der Waals surface area contributed by atoms with Gasteiger partial charge in [0.05, 0.1) is 0 Å². The summed E-state index contributed by atoms with van der Waals surface area (Å²) in [5.41, 5.74) is 0. The molecule has 0 aliphatic carbocycles. The summed E-state index contributed by atoms with van der Waals surface area (Å²) in [7, 11) is 3.26. The quantitative estimate of drug-likeness (QED) is 0.553. The van der Waals surface area contributed by atoms with Crippen molar-refractivity contribution in [2.24, 2.45) is 0 Å². The summed E-state index contributed by atoms with van der Waals surface area (Å²) < 4.78 is 0. The molecule has 0 aromatic carbocycles. The molecule has 1 atom stereocenters. The van der Waals surface area contributed by atoms with E-state index in [2.05, 4.69) is 26.4 Å². The molecule has 0 spiro atoms. The Kier molecular flexibility index (Phi) is 3.10. The maximum atomic E-state index is 3.26. The van der Waals surface area contributed by atoms with E-state index >= 15 is 0 Å². The Morgan fingerprint density at radius 3 is 3.11 bits per heavy atom. The van der Waals surface area contributed by atoms with Crippen molar-refractivity contribution in [3.63, 3.8) is 0 Å². The molecule has 1 aliphatic rings. The first kappa shape index (κ1) is 7.11. The summed E-state index contributed by atoms with van der Waals surface area (Å²) in [5, 5.41) is 2.83. The summed E-state index contributed by atoms with van der Waals surface area (Å²) in [6.07, 6.45) is 7.60. The highest BCUT2D eigenvalue weighted by Gasteiger charge is 2.04. The first-order valence-corrected chi connectivity index (χ1v) is 4.43. The van der Waals surface area contributed by atoms with Gasteiger partial charge in [-0.25, -0.2) is 0 Å². The molecule has 48 valence electrons. The molecule has 0 bridgehead atoms. The van der Waals surface area contributed by atoms with Gasteiger partial charge in [-0.1, -0.05) is 18.2 Å². The molecule has 0 aromatic heterocycles. The van der Waals surface area contributed by atoms with Crippen molar-refractivity contribution in [1.82, 2.24) is 0 Å². The number of allylic oxidation sites excluding steroid dienone is 2. The number of hydrogen-bond acceptors (Lipinski definition) is 1. The predicted molar refractivity (Wildman–Crippen MR) is 48.7 cm³/mol. The molecule has 9 heavy (non-hydrogen) atoms. The van der Waals surface area contributed by atoms with Crippen LogP contribution in [0.4, 0.5) is 0 Å². The molecule has 1 unspecified atom stereocenters. The van der Waals surface area contributed by atoms with Crippen LogP contribution < -0.4 is 0 Å². The molecule has 0 aromatic rings. The second-order valence-corrected chi connectivity index (χ2v) is 3.32. The summed E-state index contributed by atoms with van der Waals surface area (Å²) >= 11 is 1.87. The summed E-state index contributed by atoms with van der Waals surface area (Å²) in [6.45, 7) is 0. The highest BCUT2D eigenvalue weighted by Crippen LogP contribution is 2.24. The van der Waals surface area contributed by atoms with Crippen LogP contribution in [0.5, 0.6) is 0 Å². The molecule has 0 fully saturated rings. The third-order valence-electron chi connectivity index (χ3n) is 1.14. The third-order valence-corrected chi connectivity index (χ3v) is 2.38. The largest absolute Gasteiger partial charge is 0.127 e. The summed E-state index contributed by atoms with van der Waals surface area (Å²) in [6, 6.07) is 0. The molecule has 0 amide bonds. The van der Waals surface area contributed by atoms with E-state index in [1.54, 1.807) is 0 Å². The fourth-order valence-corrected chi connectivity index (χ4v) is 1.64. The summed E-state index contributed by atoms with van der Waals surface area (Å²) in [5.74, 6) is 1.87. The Balaban J connectivity index is 2.29. The topological polar surface area (TPSA) is 0 Å². The van der Waals surface area contributed by atoms with Gasteiger partial charge in [0.15, 0.2) is 0 Å². The molecular weight excluding hydrogens is 147 g/mol. The first-order valence-electron chi connectivity index (χ1n) is 2.91. The van der Waals surface area contributed by atoms with Crippen LogP contribution in [0.1, 0.15) is 6.42 Å². The fraction of sp³-hybridized carbons (Fsp3) is 0.286. The van der Waals surface area contributed by atoms with Crippen LogP contribution in [0.2, 0.25) is 0 Å². The molecule has 0 nitrogen and oxygen atoms in total. The SMILES string of the molecule is P=C/C=C\C1CC=CS1. The number of hydrogen-bond donors (Lipinski definition) is 0. The monoisotopic (exact) mass is 156 g/mol. The van der Waals surface area contributed by atoms with Crippen LogP contribution in [0.3, 0.4) is 0 Å². The van der Waals surface area contributed by atoms with Gasteiger partial charge < -0.3 is 0 Å². The van der Waals surface area contributed by atoms with Crippen LogP contribution in [0.15, 0.2) is 23.6 Å². The maximum Gasteiger partial charge on any atom is 0.0306 e. The number of rotatable bonds is 2. The predicted octanol–water partition coefficient (Wildman–Crippen LogP) is 2.51. The molecule has 0 radical (unpaired) electrons. The van der Waals surface area contributed by atoms with Gasteiger partial charge in [-0.3, -0.25) is 0 Å². The highest BCUT2D eigenvalue weighted by molar-refractivity contribution is 8.03. The minimum absolute atomic E-state index is 0.678. The van der Waals surface area contributed by atoms with E-state index in [0.29, 0.717) is 5.25 Å². The lowest BCUT2D eigenvalue weighted by Gasteiger charge is -1.96. The van der Waals surface area contributed by atoms with E-state index in [-0.39, 0.29) is 0 Å². The van der Waals surface area contributed by atoms with E-state index in [4.69, 9.17) is 0 Å². The van der Waals surface area contributed by atoms with Crippen LogP contribution >= 0.6 is 20.6 Å². The molecule has 1 aliphatic heterocycles. The fourth-order valence-electron chi connectivity index (χ4n) is 0.705. The first-order chi connectivity index (χ1) is 4.43. The van der Waals surface area contributed by atoms with Gasteiger partial charge in [0.25, 0.3) is 0 Å². The Morgan fingerprint density at radius 1 is 1.67 bits per heavy atom. The Bertz CT molecular complexity index is 141. The van der Waals surface area contributed by atoms with Gasteiger partial charge >= 0.3 is 0 Å². The average molecular weight is 156 g/mol. The highest BCUT2D eigenvalue weighted by atomic mass is 32.2. The van der Waals surface area contributed by atoms with E-state index in [1.165, 1.54) is 6.42 Å². The van der Waals surface area contributed by atoms with Crippen molar-refractivity contribution in [3.8, 4) is 0 Å². The molecule has 1 rings (SSSR count). The zero-order valence-electron chi connectivity index (χ0n) is 5.08. The lowest BCUT2D eigenvalue weighted by Crippen LogP contribution is -1.88. The molecule has 2 heteroatoms. The van der Waals surface area contributed by atoms with Gasteiger partial charge in [-0.05, 0) is 17.6 Å². The van der Waals surface area contributed by atoms with Crippen molar-refractivity contribution in [2.75, 3.05) is 0 Å². The van der Waals surface area contributed by atoms with Crippen molar-refractivity contribution < 1.29 is 0 Å². The minimum Gasteiger partial charge on any atom is -0.127 e.